The van der Waals surface area contributed by atoms with Gasteiger partial charge in [0.1, 0.15) is 5.75 Å². The van der Waals surface area contributed by atoms with Crippen molar-refractivity contribution >= 4 is 5.91 Å². The fourth-order valence-electron chi connectivity index (χ4n) is 3.55. The second-order valence-corrected chi connectivity index (χ2v) is 9.33. The molecule has 0 radical (unpaired) electrons. The van der Waals surface area contributed by atoms with Crippen molar-refractivity contribution in [3.05, 3.63) is 29.3 Å². The molecule has 0 fully saturated rings. The number of hydrogen-bond donors (Lipinski definition) is 1. The highest BCUT2D eigenvalue weighted by Crippen LogP contribution is 2.27. The first kappa shape index (κ1) is 28.9. The van der Waals surface area contributed by atoms with Crippen molar-refractivity contribution in [2.45, 2.75) is 78.6 Å². The van der Waals surface area contributed by atoms with Crippen LogP contribution in [0, 0.1) is 6.92 Å². The Bertz CT molecular complexity index is 603. The molecule has 0 heterocycles. The summed E-state index contributed by atoms with van der Waals surface area (Å²) in [6, 6.07) is 6.47. The first-order valence-corrected chi connectivity index (χ1v) is 11.6. The summed E-state index contributed by atoms with van der Waals surface area (Å²) >= 11 is 0. The third-order valence-corrected chi connectivity index (χ3v) is 5.38. The number of nitrogens with one attached hydrogen (secondary N) is 1. The van der Waals surface area contributed by atoms with Crippen molar-refractivity contribution in [1.82, 2.24) is 5.32 Å². The molecule has 1 rings (SSSR count). The summed E-state index contributed by atoms with van der Waals surface area (Å²) in [5.74, 6) is 1.65. The number of nitrogens with zero attached hydrogens (tertiary/aromatic N) is 1. The fourth-order valence-corrected chi connectivity index (χ4v) is 3.55. The van der Waals surface area contributed by atoms with E-state index >= 15 is 0 Å². The van der Waals surface area contributed by atoms with Crippen LogP contribution < -0.4 is 27.0 Å². The number of amides is 1. The number of carbonyl (C=O) groups is 1. The molecule has 1 amide bonds. The van der Waals surface area contributed by atoms with Gasteiger partial charge in [0, 0.05) is 6.54 Å². The average molecular weight is 486 g/mol. The van der Waals surface area contributed by atoms with E-state index in [2.05, 4.69) is 65.3 Å². The van der Waals surface area contributed by atoms with Crippen LogP contribution >= 0.6 is 0 Å². The first-order chi connectivity index (χ1) is 13.7. The molecule has 0 aliphatic heterocycles. The molecule has 174 valence electrons. The van der Waals surface area contributed by atoms with Gasteiger partial charge in [-0.15, -0.1) is 0 Å². The Morgan fingerprint density at radius 3 is 2.43 bits per heavy atom. The molecule has 1 N–H and O–H groups in total. The highest BCUT2D eigenvalue weighted by atomic mass is 79.9. The molecule has 0 atom stereocenters. The predicted molar refractivity (Wildman–Crippen MR) is 124 cm³/mol. The van der Waals surface area contributed by atoms with Crippen LogP contribution in [0.25, 0.3) is 0 Å². The van der Waals surface area contributed by atoms with Crippen molar-refractivity contribution in [3.63, 3.8) is 0 Å². The minimum atomic E-state index is 0. The van der Waals surface area contributed by atoms with E-state index < -0.39 is 0 Å². The molecule has 0 aliphatic carbocycles. The molecule has 0 bridgehead atoms. The van der Waals surface area contributed by atoms with E-state index in [9.17, 15) is 4.79 Å². The third-order valence-electron chi connectivity index (χ3n) is 5.38. The fraction of sp³-hybridized carbons (Fsp3) is 0.720. The maximum Gasteiger partial charge on any atom is 0.275 e. The van der Waals surface area contributed by atoms with Crippen molar-refractivity contribution in [3.8, 4) is 5.75 Å². The van der Waals surface area contributed by atoms with E-state index in [1.54, 1.807) is 0 Å². The van der Waals surface area contributed by atoms with E-state index in [1.807, 2.05) is 0 Å². The van der Waals surface area contributed by atoms with Crippen LogP contribution in [0.3, 0.4) is 0 Å². The molecular formula is C25H45BrN2O2. The van der Waals surface area contributed by atoms with Crippen LogP contribution in [0.5, 0.6) is 5.75 Å². The van der Waals surface area contributed by atoms with Gasteiger partial charge in [0.25, 0.3) is 5.91 Å². The maximum absolute atomic E-state index is 12.2. The molecule has 4 nitrogen and oxygen atoms in total. The normalized spacial score (nSPS) is 11.3. The second-order valence-electron chi connectivity index (χ2n) is 9.33. The zero-order valence-electron chi connectivity index (χ0n) is 20.2. The molecule has 0 saturated heterocycles. The van der Waals surface area contributed by atoms with Gasteiger partial charge in [-0.3, -0.25) is 4.79 Å². The van der Waals surface area contributed by atoms with Crippen LogP contribution in [0.4, 0.5) is 0 Å². The lowest BCUT2D eigenvalue weighted by Gasteiger charge is -2.29. The summed E-state index contributed by atoms with van der Waals surface area (Å²) in [4.78, 5) is 12.2. The van der Waals surface area contributed by atoms with Gasteiger partial charge in [0.05, 0.1) is 27.2 Å². The van der Waals surface area contributed by atoms with E-state index in [-0.39, 0.29) is 22.9 Å². The largest absolute Gasteiger partial charge is 1.00 e. The van der Waals surface area contributed by atoms with Crippen LogP contribution in [0.15, 0.2) is 18.2 Å². The van der Waals surface area contributed by atoms with Crippen LogP contribution in [-0.2, 0) is 4.79 Å². The SMILES string of the molecule is CCCCCCCNC(=O)C[N+](C)(C)CCCCOc1cc(C)ccc1C(C)C.[Br-]. The standard InChI is InChI=1S/C25H44N2O2.BrH/c1-7-8-9-10-11-16-26-25(28)20-27(5,6)17-12-13-18-29-24-19-22(4)14-15-23(24)21(2)3;/h14-15,19,21H,7-13,16-18,20H2,1-6H3;1H. The van der Waals surface area contributed by atoms with Gasteiger partial charge in [0.15, 0.2) is 6.54 Å². The number of ether oxygens (including phenoxy) is 1. The van der Waals surface area contributed by atoms with Crippen molar-refractivity contribution < 1.29 is 31.0 Å². The average Bonchev–Trinajstić information content (AvgIpc) is 2.63. The quantitative estimate of drug-likeness (QED) is 0.306. The van der Waals surface area contributed by atoms with Crippen molar-refractivity contribution in [2.24, 2.45) is 0 Å². The van der Waals surface area contributed by atoms with Gasteiger partial charge >= 0.3 is 0 Å². The summed E-state index contributed by atoms with van der Waals surface area (Å²) in [7, 11) is 4.28. The molecular weight excluding hydrogens is 440 g/mol. The number of unbranched alkanes of at least 4 members (excludes halogenated alkanes) is 5. The lowest BCUT2D eigenvalue weighted by molar-refractivity contribution is -0.882. The van der Waals surface area contributed by atoms with Crippen LogP contribution in [0.2, 0.25) is 0 Å². The summed E-state index contributed by atoms with van der Waals surface area (Å²) in [5, 5.41) is 3.08. The molecule has 30 heavy (non-hydrogen) atoms. The maximum atomic E-state index is 12.2. The Morgan fingerprint density at radius 1 is 1.07 bits per heavy atom. The Labute approximate surface area is 196 Å². The third kappa shape index (κ3) is 12.6. The van der Waals surface area contributed by atoms with Gasteiger partial charge in [-0.05, 0) is 49.3 Å². The van der Waals surface area contributed by atoms with E-state index in [0.717, 1.165) is 49.2 Å². The van der Waals surface area contributed by atoms with Gasteiger partial charge in [-0.2, -0.15) is 0 Å². The molecule has 0 saturated carbocycles. The summed E-state index contributed by atoms with van der Waals surface area (Å²) < 4.78 is 6.81. The first-order valence-electron chi connectivity index (χ1n) is 11.6. The Morgan fingerprint density at radius 2 is 1.77 bits per heavy atom. The highest BCUT2D eigenvalue weighted by Gasteiger charge is 2.19. The number of hydrogen-bond acceptors (Lipinski definition) is 2. The number of aryl methyl sites for hydroxylation is 1. The molecule has 1 aromatic carbocycles. The van der Waals surface area contributed by atoms with Gasteiger partial charge in [0.2, 0.25) is 0 Å². The van der Waals surface area contributed by atoms with Crippen LogP contribution in [0.1, 0.15) is 82.8 Å². The minimum Gasteiger partial charge on any atom is -1.00 e. The van der Waals surface area contributed by atoms with E-state index in [1.165, 1.54) is 36.8 Å². The number of rotatable bonds is 15. The summed E-state index contributed by atoms with van der Waals surface area (Å²) in [6.07, 6.45) is 8.19. The number of benzene rings is 1. The van der Waals surface area contributed by atoms with Crippen molar-refractivity contribution in [2.75, 3.05) is 40.3 Å². The molecule has 0 aliphatic rings. The lowest BCUT2D eigenvalue weighted by Crippen LogP contribution is -3.00. The van der Waals surface area contributed by atoms with Crippen LogP contribution in [-0.4, -0.2) is 50.7 Å². The topological polar surface area (TPSA) is 38.3 Å². The monoisotopic (exact) mass is 484 g/mol. The van der Waals surface area contributed by atoms with Crippen molar-refractivity contribution in [1.29, 1.82) is 0 Å². The Hall–Kier alpha value is -1.07. The summed E-state index contributed by atoms with van der Waals surface area (Å²) in [5.41, 5.74) is 2.51. The van der Waals surface area contributed by atoms with E-state index in [0.29, 0.717) is 12.5 Å². The zero-order valence-corrected chi connectivity index (χ0v) is 21.8. The molecule has 1 aromatic rings. The lowest BCUT2D eigenvalue weighted by atomic mass is 10.0. The molecule has 0 spiro atoms. The minimum absolute atomic E-state index is 0. The Balaban J connectivity index is 0.00000841. The van der Waals surface area contributed by atoms with Gasteiger partial charge in [-0.25, -0.2) is 0 Å². The number of quaternary nitrogens is 1. The highest BCUT2D eigenvalue weighted by molar-refractivity contribution is 5.76. The predicted octanol–water partition coefficient (Wildman–Crippen LogP) is 2.44. The number of carbonyl (C=O) groups excluding carboxylic acids is 1. The van der Waals surface area contributed by atoms with E-state index in [4.69, 9.17) is 4.74 Å². The molecule has 0 aromatic heterocycles. The zero-order chi connectivity index (χ0) is 21.7. The number of likely N-dealkylation sites (N-methyl/N-ethyl adjacent to an activating group) is 1. The molecule has 5 heteroatoms. The van der Waals surface area contributed by atoms with Gasteiger partial charge < -0.3 is 31.5 Å². The Kier molecular flexibility index (Phi) is 15.1. The number of halogens is 1. The second kappa shape index (κ2) is 15.7. The smallest absolute Gasteiger partial charge is 0.275 e. The molecule has 0 unspecified atom stereocenters. The van der Waals surface area contributed by atoms with Gasteiger partial charge in [-0.1, -0.05) is 58.6 Å². The summed E-state index contributed by atoms with van der Waals surface area (Å²) in [6.45, 7) is 11.8.